The van der Waals surface area contributed by atoms with Crippen molar-refractivity contribution in [1.29, 1.82) is 0 Å². The molecule has 0 saturated carbocycles. The van der Waals surface area contributed by atoms with Crippen LogP contribution in [-0.4, -0.2) is 39.2 Å². The van der Waals surface area contributed by atoms with Crippen molar-refractivity contribution in [2.75, 3.05) is 28.7 Å². The van der Waals surface area contributed by atoms with Gasteiger partial charge in [0.15, 0.2) is 0 Å². The van der Waals surface area contributed by atoms with Crippen molar-refractivity contribution in [3.8, 4) is 0 Å². The van der Waals surface area contributed by atoms with Crippen molar-refractivity contribution in [2.24, 2.45) is 5.10 Å². The topological polar surface area (TPSA) is 121 Å². The molecule has 10 nitrogen and oxygen atoms in total. The molecule has 2 N–H and O–H groups in total. The number of hydrazone groups is 1. The van der Waals surface area contributed by atoms with E-state index in [0.29, 0.717) is 17.2 Å². The predicted molar refractivity (Wildman–Crippen MR) is 120 cm³/mol. The Hall–Kier alpha value is -4.15. The molecule has 1 fully saturated rings. The first-order valence-corrected chi connectivity index (χ1v) is 10.1. The zero-order valence-corrected chi connectivity index (χ0v) is 17.1. The van der Waals surface area contributed by atoms with E-state index in [-0.39, 0.29) is 23.4 Å². The minimum Gasteiger partial charge on any atom is -0.341 e. The minimum atomic E-state index is -0.469. The van der Waals surface area contributed by atoms with Gasteiger partial charge in [0.05, 0.1) is 16.7 Å². The van der Waals surface area contributed by atoms with Crippen LogP contribution in [0.1, 0.15) is 24.8 Å². The molecule has 0 bridgehead atoms. The summed E-state index contributed by atoms with van der Waals surface area (Å²) in [7, 11) is 0. The molecule has 0 unspecified atom stereocenters. The largest absolute Gasteiger partial charge is 0.341 e. The lowest BCUT2D eigenvalue weighted by molar-refractivity contribution is -0.385. The van der Waals surface area contributed by atoms with Gasteiger partial charge in [-0.1, -0.05) is 12.1 Å². The van der Waals surface area contributed by atoms with Crippen molar-refractivity contribution in [2.45, 2.75) is 19.3 Å². The van der Waals surface area contributed by atoms with E-state index in [1.54, 1.807) is 30.3 Å². The van der Waals surface area contributed by atoms with Crippen LogP contribution in [0.15, 0.2) is 53.6 Å². The van der Waals surface area contributed by atoms with Gasteiger partial charge in [0, 0.05) is 24.8 Å². The van der Waals surface area contributed by atoms with Crippen LogP contribution in [0.5, 0.6) is 0 Å². The zero-order chi connectivity index (χ0) is 22.3. The van der Waals surface area contributed by atoms with Crippen LogP contribution < -0.4 is 15.6 Å². The van der Waals surface area contributed by atoms with Gasteiger partial charge < -0.3 is 10.2 Å². The molecule has 1 aromatic heterocycles. The fraction of sp³-hybridized carbons (Fsp3) is 0.238. The molecular weight excluding hydrogens is 415 g/mol. The van der Waals surface area contributed by atoms with Crippen LogP contribution >= 0.6 is 0 Å². The monoisotopic (exact) mass is 436 g/mol. The highest BCUT2D eigenvalue weighted by atomic mass is 19.1. The summed E-state index contributed by atoms with van der Waals surface area (Å²) in [6, 6.07) is 12.1. The smallest absolute Gasteiger partial charge is 0.278 e. The van der Waals surface area contributed by atoms with Crippen LogP contribution in [0.25, 0.3) is 0 Å². The maximum atomic E-state index is 13.2. The summed E-state index contributed by atoms with van der Waals surface area (Å²) in [4.78, 5) is 26.0. The summed E-state index contributed by atoms with van der Waals surface area (Å²) in [6.07, 6.45) is 4.60. The Morgan fingerprint density at radius 3 is 2.47 bits per heavy atom. The number of halogens is 1. The first kappa shape index (κ1) is 21.1. The lowest BCUT2D eigenvalue weighted by Crippen LogP contribution is -2.31. The number of anilines is 4. The molecule has 2 heterocycles. The van der Waals surface area contributed by atoms with Crippen molar-refractivity contribution in [3.63, 3.8) is 0 Å². The van der Waals surface area contributed by atoms with Gasteiger partial charge in [-0.05, 0) is 49.6 Å². The molecule has 11 heteroatoms. The maximum Gasteiger partial charge on any atom is 0.278 e. The number of nitro groups is 1. The van der Waals surface area contributed by atoms with Crippen LogP contribution in [-0.2, 0) is 0 Å². The van der Waals surface area contributed by atoms with Gasteiger partial charge in [0.1, 0.15) is 5.82 Å². The van der Waals surface area contributed by atoms with Gasteiger partial charge in [-0.2, -0.15) is 20.1 Å². The lowest BCUT2D eigenvalue weighted by Gasteiger charge is -2.26. The van der Waals surface area contributed by atoms with E-state index in [0.717, 1.165) is 32.4 Å². The SMILES string of the molecule is O=[N+]([O-])c1ccccc1/C=N/Nc1nc(Nc2ccc(F)cc2)nc(N2CCCCC2)n1. The van der Waals surface area contributed by atoms with Crippen LogP contribution in [0.3, 0.4) is 0 Å². The molecule has 32 heavy (non-hydrogen) atoms. The van der Waals surface area contributed by atoms with Crippen molar-refractivity contribution in [3.05, 3.63) is 70.0 Å². The number of nitro benzene ring substituents is 1. The van der Waals surface area contributed by atoms with E-state index < -0.39 is 4.92 Å². The number of rotatable bonds is 7. The third kappa shape index (κ3) is 5.31. The van der Waals surface area contributed by atoms with E-state index in [1.165, 1.54) is 24.4 Å². The fourth-order valence-corrected chi connectivity index (χ4v) is 3.29. The fourth-order valence-electron chi connectivity index (χ4n) is 3.29. The average Bonchev–Trinajstić information content (AvgIpc) is 2.81. The molecular formula is C21H21FN8O2. The van der Waals surface area contributed by atoms with Gasteiger partial charge in [-0.3, -0.25) is 10.1 Å². The van der Waals surface area contributed by atoms with E-state index >= 15 is 0 Å². The Labute approximate surface area is 183 Å². The van der Waals surface area contributed by atoms with E-state index in [9.17, 15) is 14.5 Å². The number of nitrogens with zero attached hydrogens (tertiary/aromatic N) is 6. The third-order valence-corrected chi connectivity index (χ3v) is 4.86. The van der Waals surface area contributed by atoms with E-state index in [2.05, 4.69) is 35.7 Å². The highest BCUT2D eigenvalue weighted by Gasteiger charge is 2.16. The number of hydrogen-bond acceptors (Lipinski definition) is 9. The zero-order valence-electron chi connectivity index (χ0n) is 17.1. The number of benzene rings is 2. The molecule has 0 atom stereocenters. The summed E-state index contributed by atoms with van der Waals surface area (Å²) >= 11 is 0. The summed E-state index contributed by atoms with van der Waals surface area (Å²) in [5.41, 5.74) is 3.65. The number of hydrogen-bond donors (Lipinski definition) is 2. The van der Waals surface area contributed by atoms with Crippen molar-refractivity contribution in [1.82, 2.24) is 15.0 Å². The first-order valence-electron chi connectivity index (χ1n) is 10.1. The highest BCUT2D eigenvalue weighted by Crippen LogP contribution is 2.21. The van der Waals surface area contributed by atoms with Gasteiger partial charge in [-0.25, -0.2) is 9.82 Å². The Morgan fingerprint density at radius 2 is 1.72 bits per heavy atom. The summed E-state index contributed by atoms with van der Waals surface area (Å²) in [5, 5.41) is 18.3. The summed E-state index contributed by atoms with van der Waals surface area (Å²) in [6.45, 7) is 1.66. The highest BCUT2D eigenvalue weighted by molar-refractivity contribution is 5.85. The normalized spacial score (nSPS) is 13.8. The maximum absolute atomic E-state index is 13.2. The quantitative estimate of drug-likeness (QED) is 0.323. The molecule has 3 aromatic rings. The molecule has 0 spiro atoms. The second-order valence-electron chi connectivity index (χ2n) is 7.15. The first-order chi connectivity index (χ1) is 15.6. The summed E-state index contributed by atoms with van der Waals surface area (Å²) in [5.74, 6) is 0.607. The van der Waals surface area contributed by atoms with Crippen molar-refractivity contribution < 1.29 is 9.31 Å². The number of para-hydroxylation sites is 1. The average molecular weight is 436 g/mol. The molecule has 164 valence electrons. The second-order valence-corrected chi connectivity index (χ2v) is 7.15. The standard InChI is InChI=1S/C21H21FN8O2/c22-16-8-10-17(11-9-16)24-19-25-20(27-21(26-19)29-12-4-1-5-13-29)28-23-14-15-6-2-3-7-18(15)30(31)32/h2-3,6-11,14H,1,4-5,12-13H2,(H2,24,25,26,27,28)/b23-14+. The minimum absolute atomic E-state index is 0.0543. The molecule has 1 aliphatic rings. The number of aromatic nitrogens is 3. The Morgan fingerprint density at radius 1 is 1.00 bits per heavy atom. The third-order valence-electron chi connectivity index (χ3n) is 4.86. The molecule has 0 radical (unpaired) electrons. The van der Waals surface area contributed by atoms with E-state index in [4.69, 9.17) is 0 Å². The Kier molecular flexibility index (Phi) is 6.44. The van der Waals surface area contributed by atoms with E-state index in [1.807, 2.05) is 0 Å². The Bertz CT molecular complexity index is 1120. The van der Waals surface area contributed by atoms with Crippen molar-refractivity contribution >= 4 is 35.4 Å². The van der Waals surface area contributed by atoms with Gasteiger partial charge >= 0.3 is 0 Å². The predicted octanol–water partition coefficient (Wildman–Crippen LogP) is 4.10. The summed E-state index contributed by atoms with van der Waals surface area (Å²) < 4.78 is 13.2. The number of nitrogens with one attached hydrogen (secondary N) is 2. The van der Waals surface area contributed by atoms with Crippen LogP contribution in [0.2, 0.25) is 0 Å². The molecule has 1 saturated heterocycles. The second kappa shape index (κ2) is 9.77. The molecule has 0 aliphatic carbocycles. The van der Waals surface area contributed by atoms with Gasteiger partial charge in [-0.15, -0.1) is 0 Å². The number of piperidine rings is 1. The molecule has 4 rings (SSSR count). The Balaban J connectivity index is 1.58. The molecule has 1 aliphatic heterocycles. The lowest BCUT2D eigenvalue weighted by atomic mass is 10.1. The molecule has 2 aromatic carbocycles. The molecule has 0 amide bonds. The van der Waals surface area contributed by atoms with Gasteiger partial charge in [0.2, 0.25) is 17.8 Å². The van der Waals surface area contributed by atoms with Crippen LogP contribution in [0, 0.1) is 15.9 Å². The van der Waals surface area contributed by atoms with Crippen LogP contribution in [0.4, 0.5) is 33.6 Å². The van der Waals surface area contributed by atoms with Gasteiger partial charge in [0.25, 0.3) is 5.69 Å².